The predicted molar refractivity (Wildman–Crippen MR) is 101 cm³/mol. The molecular formula is C17H24F6N6O2. The van der Waals surface area contributed by atoms with Gasteiger partial charge in [-0.05, 0) is 54.1 Å². The maximum Gasteiger partial charge on any atom is 0.490 e. The summed E-state index contributed by atoms with van der Waals surface area (Å²) in [5.74, 6) is -2.29. The van der Waals surface area contributed by atoms with E-state index in [4.69, 9.17) is 0 Å². The van der Waals surface area contributed by atoms with Crippen LogP contribution in [0.15, 0.2) is 9.59 Å². The first-order chi connectivity index (χ1) is 14.2. The molecule has 31 heavy (non-hydrogen) atoms. The van der Waals surface area contributed by atoms with Crippen molar-refractivity contribution in [2.45, 2.75) is 38.4 Å². The Morgan fingerprint density at radius 1 is 0.839 bits per heavy atom. The molecule has 0 fully saturated rings. The second-order valence-corrected chi connectivity index (χ2v) is 7.61. The molecular weight excluding hydrogens is 434 g/mol. The lowest BCUT2D eigenvalue weighted by Gasteiger charge is -2.16. The molecule has 0 bridgehead atoms. The highest BCUT2D eigenvalue weighted by Crippen LogP contribution is 2.36. The van der Waals surface area contributed by atoms with E-state index in [1.54, 1.807) is 38.0 Å². The highest BCUT2D eigenvalue weighted by Gasteiger charge is 2.47. The van der Waals surface area contributed by atoms with E-state index in [9.17, 15) is 35.9 Å². The third-order valence-corrected chi connectivity index (χ3v) is 4.51. The standard InChI is InChI=1S/C17H24F6N6O2/c1-25(2)7-5-9-27-12-11(13(30)28(15(27)31)10-6-8-26(3)4)29(17(21,22)23)14(24-12)16(18,19)20/h5-10H2,1-4H3. The summed E-state index contributed by atoms with van der Waals surface area (Å²) in [7, 11) is 6.89. The van der Waals surface area contributed by atoms with Crippen molar-refractivity contribution in [3.05, 3.63) is 26.7 Å². The molecule has 0 saturated heterocycles. The van der Waals surface area contributed by atoms with E-state index in [0.717, 1.165) is 0 Å². The first-order valence-corrected chi connectivity index (χ1v) is 9.36. The van der Waals surface area contributed by atoms with Crippen molar-refractivity contribution < 1.29 is 26.3 Å². The summed E-state index contributed by atoms with van der Waals surface area (Å²) in [6, 6.07) is 0. The molecule has 2 aromatic heterocycles. The highest BCUT2D eigenvalue weighted by atomic mass is 19.4. The van der Waals surface area contributed by atoms with Gasteiger partial charge in [-0.2, -0.15) is 13.2 Å². The van der Waals surface area contributed by atoms with Gasteiger partial charge in [0.25, 0.3) is 5.56 Å². The van der Waals surface area contributed by atoms with E-state index in [1.807, 2.05) is 0 Å². The second-order valence-electron chi connectivity index (χ2n) is 7.61. The van der Waals surface area contributed by atoms with Gasteiger partial charge in [0.2, 0.25) is 5.82 Å². The number of aromatic nitrogens is 4. The fraction of sp³-hybridized carbons (Fsp3) is 0.706. The number of alkyl halides is 6. The Balaban J connectivity index is 2.83. The minimum atomic E-state index is -5.56. The molecule has 0 amide bonds. The highest BCUT2D eigenvalue weighted by molar-refractivity contribution is 5.71. The van der Waals surface area contributed by atoms with Gasteiger partial charge in [0.1, 0.15) is 0 Å². The van der Waals surface area contributed by atoms with Gasteiger partial charge >= 0.3 is 18.2 Å². The zero-order chi connectivity index (χ0) is 23.7. The van der Waals surface area contributed by atoms with Crippen LogP contribution in [0.5, 0.6) is 0 Å². The van der Waals surface area contributed by atoms with Crippen LogP contribution >= 0.6 is 0 Å². The van der Waals surface area contributed by atoms with Gasteiger partial charge < -0.3 is 9.80 Å². The zero-order valence-electron chi connectivity index (χ0n) is 17.5. The molecule has 2 heterocycles. The molecule has 0 atom stereocenters. The lowest BCUT2D eigenvalue weighted by atomic mass is 10.3. The number of halogens is 6. The summed E-state index contributed by atoms with van der Waals surface area (Å²) in [5, 5.41) is 0. The van der Waals surface area contributed by atoms with E-state index >= 15 is 0 Å². The molecule has 0 aliphatic rings. The zero-order valence-corrected chi connectivity index (χ0v) is 17.5. The number of hydrogen-bond donors (Lipinski definition) is 0. The lowest BCUT2D eigenvalue weighted by molar-refractivity contribution is -0.220. The average molecular weight is 458 g/mol. The van der Waals surface area contributed by atoms with Gasteiger partial charge in [-0.25, -0.2) is 14.3 Å². The van der Waals surface area contributed by atoms with Crippen molar-refractivity contribution in [3.63, 3.8) is 0 Å². The van der Waals surface area contributed by atoms with E-state index in [1.165, 1.54) is 0 Å². The molecule has 0 unspecified atom stereocenters. The average Bonchev–Trinajstić information content (AvgIpc) is 3.01. The van der Waals surface area contributed by atoms with Crippen LogP contribution in [0.3, 0.4) is 0 Å². The van der Waals surface area contributed by atoms with Crippen LogP contribution < -0.4 is 11.2 Å². The number of hydrogen-bond acceptors (Lipinski definition) is 5. The molecule has 0 saturated carbocycles. The normalized spacial score (nSPS) is 13.2. The molecule has 8 nitrogen and oxygen atoms in total. The van der Waals surface area contributed by atoms with Gasteiger partial charge in [0, 0.05) is 13.1 Å². The maximum atomic E-state index is 13.6. The molecule has 14 heteroatoms. The van der Waals surface area contributed by atoms with Crippen molar-refractivity contribution in [2.75, 3.05) is 41.3 Å². The summed E-state index contributed by atoms with van der Waals surface area (Å²) >= 11 is 0. The topological polar surface area (TPSA) is 68.3 Å². The minimum absolute atomic E-state index is 0.201. The molecule has 0 aromatic carbocycles. The summed E-state index contributed by atoms with van der Waals surface area (Å²) < 4.78 is 80.9. The first kappa shape index (κ1) is 24.9. The van der Waals surface area contributed by atoms with Crippen LogP contribution in [0, 0.1) is 0 Å². The van der Waals surface area contributed by atoms with Crippen molar-refractivity contribution in [3.8, 4) is 0 Å². The Labute approximate surface area is 173 Å². The smallest absolute Gasteiger partial charge is 0.309 e. The van der Waals surface area contributed by atoms with Gasteiger partial charge in [-0.15, -0.1) is 13.2 Å². The van der Waals surface area contributed by atoms with E-state index in [0.29, 0.717) is 22.2 Å². The predicted octanol–water partition coefficient (Wildman–Crippen LogP) is 1.76. The SMILES string of the molecule is CN(C)CCCn1c(=O)c2c(nc(C(F)(F)F)n2C(F)(F)F)n(CCCN(C)C)c1=O. The largest absolute Gasteiger partial charge is 0.490 e. The number of imidazole rings is 1. The quantitative estimate of drug-likeness (QED) is 0.564. The summed E-state index contributed by atoms with van der Waals surface area (Å²) in [4.78, 5) is 32.2. The number of fused-ring (bicyclic) bond motifs is 1. The Kier molecular flexibility index (Phi) is 7.25. The van der Waals surface area contributed by atoms with Gasteiger partial charge in [0.05, 0.1) is 0 Å². The van der Waals surface area contributed by atoms with Crippen LogP contribution in [-0.4, -0.2) is 69.8 Å². The lowest BCUT2D eigenvalue weighted by Crippen LogP contribution is -2.42. The van der Waals surface area contributed by atoms with Crippen LogP contribution in [-0.2, 0) is 25.6 Å². The Morgan fingerprint density at radius 2 is 1.32 bits per heavy atom. The van der Waals surface area contributed by atoms with Gasteiger partial charge in [-0.3, -0.25) is 13.9 Å². The molecule has 0 aliphatic heterocycles. The van der Waals surface area contributed by atoms with Crippen molar-refractivity contribution in [1.82, 2.24) is 28.5 Å². The molecule has 0 aliphatic carbocycles. The van der Waals surface area contributed by atoms with Crippen molar-refractivity contribution in [1.29, 1.82) is 0 Å². The molecule has 0 spiro atoms. The summed E-state index contributed by atoms with van der Waals surface area (Å²) in [6.45, 7) is 0.383. The Morgan fingerprint density at radius 3 is 1.74 bits per heavy atom. The maximum absolute atomic E-state index is 13.6. The number of rotatable bonds is 8. The first-order valence-electron chi connectivity index (χ1n) is 9.36. The van der Waals surface area contributed by atoms with Crippen molar-refractivity contribution >= 4 is 11.2 Å². The summed E-state index contributed by atoms with van der Waals surface area (Å²) in [5.41, 5.74) is -4.69. The van der Waals surface area contributed by atoms with Crippen LogP contribution in [0.4, 0.5) is 26.3 Å². The number of nitrogens with zero attached hydrogens (tertiary/aromatic N) is 6. The fourth-order valence-corrected chi connectivity index (χ4v) is 3.17. The van der Waals surface area contributed by atoms with Crippen molar-refractivity contribution in [2.24, 2.45) is 0 Å². The van der Waals surface area contributed by atoms with E-state index < -0.39 is 45.3 Å². The third-order valence-electron chi connectivity index (χ3n) is 4.51. The molecule has 2 aromatic rings. The minimum Gasteiger partial charge on any atom is -0.309 e. The van der Waals surface area contributed by atoms with E-state index in [2.05, 4.69) is 4.98 Å². The van der Waals surface area contributed by atoms with Crippen LogP contribution in [0.25, 0.3) is 11.2 Å². The van der Waals surface area contributed by atoms with Crippen LogP contribution in [0.1, 0.15) is 18.7 Å². The molecule has 0 N–H and O–H groups in total. The Hall–Kier alpha value is -2.35. The van der Waals surface area contributed by atoms with Crippen LogP contribution in [0.2, 0.25) is 0 Å². The second kappa shape index (κ2) is 9.02. The fourth-order valence-electron chi connectivity index (χ4n) is 3.17. The molecule has 2 rings (SSSR count). The molecule has 0 radical (unpaired) electrons. The number of aryl methyl sites for hydroxylation is 1. The van der Waals surface area contributed by atoms with Gasteiger partial charge in [0.15, 0.2) is 11.2 Å². The Bertz CT molecular complexity index is 1030. The monoisotopic (exact) mass is 458 g/mol. The van der Waals surface area contributed by atoms with E-state index in [-0.39, 0.29) is 25.9 Å². The molecule has 176 valence electrons. The summed E-state index contributed by atoms with van der Waals surface area (Å²) in [6.07, 6.45) is -10.6. The third kappa shape index (κ3) is 5.47. The van der Waals surface area contributed by atoms with Gasteiger partial charge in [-0.1, -0.05) is 0 Å².